The number of carbonyl (C=O) groups is 1. The van der Waals surface area contributed by atoms with E-state index >= 15 is 0 Å². The minimum Gasteiger partial charge on any atom is -0.483 e. The van der Waals surface area contributed by atoms with E-state index in [-0.39, 0.29) is 24.0 Å². The monoisotopic (exact) mass is 440 g/mol. The highest BCUT2D eigenvalue weighted by Gasteiger charge is 2.16. The Hall–Kier alpha value is -3.13. The first-order valence-corrected chi connectivity index (χ1v) is 10.8. The van der Waals surface area contributed by atoms with Gasteiger partial charge >= 0.3 is 0 Å². The number of hydrogen-bond donors (Lipinski definition) is 0. The molecule has 6 nitrogen and oxygen atoms in total. The lowest BCUT2D eigenvalue weighted by atomic mass is 10.1. The number of benzene rings is 2. The van der Waals surface area contributed by atoms with Gasteiger partial charge in [0.05, 0.1) is 5.75 Å². The quantitative estimate of drug-likeness (QED) is 0.349. The Kier molecular flexibility index (Phi) is 7.83. The number of halogens is 1. The predicted octanol–water partition coefficient (Wildman–Crippen LogP) is 4.24. The Bertz CT molecular complexity index is 1040. The number of thioether (sulfide) groups is 1. The lowest BCUT2D eigenvalue weighted by Gasteiger charge is -2.17. The molecule has 0 radical (unpaired) electrons. The van der Waals surface area contributed by atoms with Crippen LogP contribution in [0.15, 0.2) is 66.3 Å². The van der Waals surface area contributed by atoms with Crippen LogP contribution in [0.1, 0.15) is 17.0 Å². The summed E-state index contributed by atoms with van der Waals surface area (Å²) in [7, 11) is 1.78. The topological polar surface area (TPSA) is 60.2 Å². The Labute approximate surface area is 185 Å². The molecule has 0 aliphatic rings. The van der Waals surface area contributed by atoms with Crippen molar-refractivity contribution in [2.24, 2.45) is 0 Å². The highest BCUT2D eigenvalue weighted by atomic mass is 32.2. The molecule has 2 aromatic carbocycles. The molecule has 0 spiro atoms. The number of aryl methyl sites for hydroxylation is 1. The normalized spacial score (nSPS) is 10.7. The Morgan fingerprint density at radius 3 is 2.68 bits per heavy atom. The van der Waals surface area contributed by atoms with Crippen LogP contribution < -0.4 is 4.74 Å². The number of allylic oxidation sites excluding steroid dienone is 1. The van der Waals surface area contributed by atoms with Gasteiger partial charge in [0.25, 0.3) is 0 Å². The first kappa shape index (κ1) is 22.6. The second kappa shape index (κ2) is 10.8. The maximum atomic E-state index is 13.8. The summed E-state index contributed by atoms with van der Waals surface area (Å²) in [5.74, 6) is 0.465. The maximum absolute atomic E-state index is 13.8. The highest BCUT2D eigenvalue weighted by molar-refractivity contribution is 7.99. The molecule has 0 saturated carbocycles. The number of hydrogen-bond acceptors (Lipinski definition) is 5. The van der Waals surface area contributed by atoms with E-state index in [0.717, 1.165) is 5.56 Å². The SMILES string of the molecule is C=CCn1c(COc2ccccc2F)nnc1SCC(=O)N(C)Cc1ccc(C)cc1. The van der Waals surface area contributed by atoms with E-state index < -0.39 is 5.82 Å². The number of rotatable bonds is 10. The largest absolute Gasteiger partial charge is 0.483 e. The molecule has 0 atom stereocenters. The smallest absolute Gasteiger partial charge is 0.233 e. The molecule has 0 saturated heterocycles. The molecule has 3 rings (SSSR count). The van der Waals surface area contributed by atoms with Crippen molar-refractivity contribution in [2.75, 3.05) is 12.8 Å². The lowest BCUT2D eigenvalue weighted by molar-refractivity contribution is -0.127. The van der Waals surface area contributed by atoms with Crippen LogP contribution in [0.4, 0.5) is 4.39 Å². The molecule has 0 unspecified atom stereocenters. The van der Waals surface area contributed by atoms with Crippen LogP contribution in [0.2, 0.25) is 0 Å². The van der Waals surface area contributed by atoms with Crippen molar-refractivity contribution in [1.82, 2.24) is 19.7 Å². The molecule has 0 bridgehead atoms. The number of nitrogens with zero attached hydrogens (tertiary/aromatic N) is 4. The zero-order valence-corrected chi connectivity index (χ0v) is 18.4. The van der Waals surface area contributed by atoms with Gasteiger partial charge in [0.15, 0.2) is 22.5 Å². The molecule has 3 aromatic rings. The van der Waals surface area contributed by atoms with Crippen molar-refractivity contribution in [1.29, 1.82) is 0 Å². The Morgan fingerprint density at radius 1 is 1.23 bits per heavy atom. The molecule has 0 aliphatic heterocycles. The van der Waals surface area contributed by atoms with Crippen molar-refractivity contribution >= 4 is 17.7 Å². The number of ether oxygens (including phenoxy) is 1. The van der Waals surface area contributed by atoms with Gasteiger partial charge < -0.3 is 9.64 Å². The molecule has 1 aromatic heterocycles. The molecule has 0 aliphatic carbocycles. The highest BCUT2D eigenvalue weighted by Crippen LogP contribution is 2.21. The van der Waals surface area contributed by atoms with Crippen LogP contribution in [0.25, 0.3) is 0 Å². The zero-order chi connectivity index (χ0) is 22.2. The van der Waals surface area contributed by atoms with Gasteiger partial charge in [-0.25, -0.2) is 4.39 Å². The summed E-state index contributed by atoms with van der Waals surface area (Å²) in [6, 6.07) is 14.3. The first-order valence-electron chi connectivity index (χ1n) is 9.80. The van der Waals surface area contributed by atoms with E-state index in [4.69, 9.17) is 4.74 Å². The van der Waals surface area contributed by atoms with Crippen LogP contribution in [0.3, 0.4) is 0 Å². The standard InChI is InChI=1S/C23H25FN4O2S/c1-4-13-28-21(15-30-20-8-6-5-7-19(20)24)25-26-23(28)31-16-22(29)27(3)14-18-11-9-17(2)10-12-18/h4-12H,1,13-16H2,2-3H3. The van der Waals surface area contributed by atoms with E-state index in [1.807, 2.05) is 35.8 Å². The van der Waals surface area contributed by atoms with Crippen molar-refractivity contribution in [3.63, 3.8) is 0 Å². The van der Waals surface area contributed by atoms with Crippen LogP contribution in [-0.4, -0.2) is 38.4 Å². The summed E-state index contributed by atoms with van der Waals surface area (Å²) < 4.78 is 21.1. The third kappa shape index (κ3) is 6.18. The van der Waals surface area contributed by atoms with E-state index in [1.54, 1.807) is 36.2 Å². The average Bonchev–Trinajstić information content (AvgIpc) is 3.15. The fraction of sp³-hybridized carbons (Fsp3) is 0.261. The van der Waals surface area contributed by atoms with Crippen LogP contribution >= 0.6 is 11.8 Å². The number of para-hydroxylation sites is 1. The van der Waals surface area contributed by atoms with Crippen molar-refractivity contribution in [3.8, 4) is 5.75 Å². The summed E-state index contributed by atoms with van der Waals surface area (Å²) in [4.78, 5) is 14.3. The van der Waals surface area contributed by atoms with Gasteiger partial charge in [0.1, 0.15) is 6.61 Å². The van der Waals surface area contributed by atoms with Gasteiger partial charge in [-0.2, -0.15) is 0 Å². The molecular weight excluding hydrogens is 415 g/mol. The van der Waals surface area contributed by atoms with Gasteiger partial charge in [0.2, 0.25) is 5.91 Å². The van der Waals surface area contributed by atoms with Gasteiger partial charge in [0, 0.05) is 20.1 Å². The summed E-state index contributed by atoms with van der Waals surface area (Å²) in [5, 5.41) is 8.92. The predicted molar refractivity (Wildman–Crippen MR) is 119 cm³/mol. The molecule has 0 fully saturated rings. The van der Waals surface area contributed by atoms with Gasteiger partial charge in [-0.1, -0.05) is 59.8 Å². The van der Waals surface area contributed by atoms with Crippen LogP contribution in [0, 0.1) is 12.7 Å². The molecule has 1 amide bonds. The third-order valence-electron chi connectivity index (χ3n) is 4.59. The summed E-state index contributed by atoms with van der Waals surface area (Å²) >= 11 is 1.30. The first-order chi connectivity index (χ1) is 15.0. The number of aromatic nitrogens is 3. The molecule has 0 N–H and O–H groups in total. The minimum absolute atomic E-state index is 0.0112. The van der Waals surface area contributed by atoms with E-state index in [0.29, 0.717) is 24.1 Å². The maximum Gasteiger partial charge on any atom is 0.233 e. The Balaban J connectivity index is 1.60. The van der Waals surface area contributed by atoms with Gasteiger partial charge in [-0.3, -0.25) is 9.36 Å². The zero-order valence-electron chi connectivity index (χ0n) is 17.6. The van der Waals surface area contributed by atoms with E-state index in [1.165, 1.54) is 23.4 Å². The fourth-order valence-corrected chi connectivity index (χ4v) is 3.75. The summed E-state index contributed by atoms with van der Waals surface area (Å²) in [5.41, 5.74) is 2.26. The second-order valence-electron chi connectivity index (χ2n) is 7.04. The van der Waals surface area contributed by atoms with E-state index in [9.17, 15) is 9.18 Å². The van der Waals surface area contributed by atoms with E-state index in [2.05, 4.69) is 16.8 Å². The average molecular weight is 441 g/mol. The van der Waals surface area contributed by atoms with Gasteiger partial charge in [-0.15, -0.1) is 16.8 Å². The van der Waals surface area contributed by atoms with Crippen molar-refractivity contribution < 1.29 is 13.9 Å². The molecular formula is C23H25FN4O2S. The fourth-order valence-electron chi connectivity index (χ4n) is 2.84. The molecule has 31 heavy (non-hydrogen) atoms. The third-order valence-corrected chi connectivity index (χ3v) is 5.54. The van der Waals surface area contributed by atoms with Crippen LogP contribution in [0.5, 0.6) is 5.75 Å². The molecule has 162 valence electrons. The summed E-state index contributed by atoms with van der Waals surface area (Å²) in [6.45, 7) is 6.86. The van der Waals surface area contributed by atoms with Gasteiger partial charge in [-0.05, 0) is 24.6 Å². The van der Waals surface area contributed by atoms with Crippen LogP contribution in [-0.2, 0) is 24.5 Å². The minimum atomic E-state index is -0.436. The number of carbonyl (C=O) groups excluding carboxylic acids is 1. The molecule has 1 heterocycles. The van der Waals surface area contributed by atoms with Crippen molar-refractivity contribution in [3.05, 3.63) is 84.0 Å². The lowest BCUT2D eigenvalue weighted by Crippen LogP contribution is -2.27. The Morgan fingerprint density at radius 2 is 1.97 bits per heavy atom. The van der Waals surface area contributed by atoms with Crippen molar-refractivity contribution in [2.45, 2.75) is 31.8 Å². The second-order valence-corrected chi connectivity index (χ2v) is 7.98. The number of amides is 1. The summed E-state index contributed by atoms with van der Waals surface area (Å²) in [6.07, 6.45) is 1.71. The molecule has 8 heteroatoms.